The van der Waals surface area contributed by atoms with E-state index in [2.05, 4.69) is 0 Å². The van der Waals surface area contributed by atoms with Gasteiger partial charge >= 0.3 is 0 Å². The second-order valence-electron chi connectivity index (χ2n) is 7.16. The Morgan fingerprint density at radius 2 is 1.67 bits per heavy atom. The number of ketones is 1. The molecule has 33 heavy (non-hydrogen) atoms. The minimum atomic E-state index is -1.08. The summed E-state index contributed by atoms with van der Waals surface area (Å²) in [4.78, 5) is 27.5. The number of aliphatic hydroxyl groups is 1. The zero-order valence-electron chi connectivity index (χ0n) is 17.0. The van der Waals surface area contributed by atoms with Crippen molar-refractivity contribution in [1.29, 1.82) is 0 Å². The Kier molecular flexibility index (Phi) is 6.34. The first-order valence-corrected chi connectivity index (χ1v) is 10.7. The molecule has 0 aromatic heterocycles. The van der Waals surface area contributed by atoms with E-state index in [9.17, 15) is 19.1 Å². The summed E-state index contributed by atoms with van der Waals surface area (Å²) in [6, 6.07) is 13.1. The molecule has 3 aromatic rings. The lowest BCUT2D eigenvalue weighted by Crippen LogP contribution is -2.29. The molecule has 1 atom stereocenters. The molecule has 0 bridgehead atoms. The van der Waals surface area contributed by atoms with Crippen molar-refractivity contribution in [1.82, 2.24) is 0 Å². The second kappa shape index (κ2) is 9.06. The van der Waals surface area contributed by atoms with Gasteiger partial charge in [-0.2, -0.15) is 0 Å². The fourth-order valence-corrected chi connectivity index (χ4v) is 4.19. The molecule has 1 saturated heterocycles. The topological polar surface area (TPSA) is 66.8 Å². The van der Waals surface area contributed by atoms with Gasteiger partial charge in [0, 0.05) is 10.7 Å². The molecule has 1 fully saturated rings. The predicted octanol–water partition coefficient (Wildman–Crippen LogP) is 6.42. The van der Waals surface area contributed by atoms with E-state index in [-0.39, 0.29) is 37.6 Å². The number of rotatable bonds is 4. The van der Waals surface area contributed by atoms with Gasteiger partial charge in [-0.05, 0) is 60.2 Å². The molecule has 0 aliphatic carbocycles. The second-order valence-corrected chi connectivity index (χ2v) is 8.41. The predicted molar refractivity (Wildman–Crippen MR) is 126 cm³/mol. The van der Waals surface area contributed by atoms with E-state index in [4.69, 9.17) is 39.5 Å². The quantitative estimate of drug-likeness (QED) is 0.252. The lowest BCUT2D eigenvalue weighted by atomic mass is 9.95. The summed E-state index contributed by atoms with van der Waals surface area (Å²) in [5, 5.41) is 12.0. The molecule has 1 aliphatic heterocycles. The van der Waals surface area contributed by atoms with Crippen LogP contribution in [-0.2, 0) is 9.59 Å². The van der Waals surface area contributed by atoms with E-state index in [1.165, 1.54) is 60.5 Å². The van der Waals surface area contributed by atoms with Crippen molar-refractivity contribution in [2.24, 2.45) is 0 Å². The van der Waals surface area contributed by atoms with Crippen molar-refractivity contribution >= 4 is 57.9 Å². The van der Waals surface area contributed by atoms with Crippen LogP contribution in [0.25, 0.3) is 5.76 Å². The Morgan fingerprint density at radius 3 is 2.30 bits per heavy atom. The number of aliphatic hydroxyl groups excluding tert-OH is 1. The summed E-state index contributed by atoms with van der Waals surface area (Å²) in [6.45, 7) is 0. The Morgan fingerprint density at radius 1 is 0.970 bits per heavy atom. The van der Waals surface area contributed by atoms with E-state index in [1.807, 2.05) is 0 Å². The normalized spacial score (nSPS) is 17.5. The molecule has 0 spiro atoms. The number of carbonyl (C=O) groups is 2. The van der Waals surface area contributed by atoms with Crippen molar-refractivity contribution < 1.29 is 23.8 Å². The first kappa shape index (κ1) is 23.1. The van der Waals surface area contributed by atoms with Crippen LogP contribution in [0.4, 0.5) is 10.1 Å². The first-order valence-electron chi connectivity index (χ1n) is 9.58. The van der Waals surface area contributed by atoms with Crippen LogP contribution in [0.1, 0.15) is 17.2 Å². The number of anilines is 1. The van der Waals surface area contributed by atoms with E-state index in [0.717, 1.165) is 0 Å². The minimum Gasteiger partial charge on any atom is -0.507 e. The lowest BCUT2D eigenvalue weighted by molar-refractivity contribution is -0.132. The number of amides is 1. The summed E-state index contributed by atoms with van der Waals surface area (Å²) in [6.07, 6.45) is 0. The number of hydrogen-bond acceptors (Lipinski definition) is 4. The van der Waals surface area contributed by atoms with Crippen LogP contribution in [0, 0.1) is 5.82 Å². The highest BCUT2D eigenvalue weighted by atomic mass is 35.5. The highest BCUT2D eigenvalue weighted by Crippen LogP contribution is 2.44. The fourth-order valence-electron chi connectivity index (χ4n) is 3.71. The summed E-state index contributed by atoms with van der Waals surface area (Å²) >= 11 is 18.4. The Hall–Kier alpha value is -3.06. The lowest BCUT2D eigenvalue weighted by Gasteiger charge is -2.26. The Bertz CT molecular complexity index is 1310. The van der Waals surface area contributed by atoms with Crippen LogP contribution in [0.5, 0.6) is 5.75 Å². The summed E-state index contributed by atoms with van der Waals surface area (Å²) in [5.74, 6) is -2.58. The van der Waals surface area contributed by atoms with Gasteiger partial charge in [0.05, 0.1) is 34.3 Å². The molecule has 3 aromatic carbocycles. The van der Waals surface area contributed by atoms with Gasteiger partial charge in [0.1, 0.15) is 17.3 Å². The third-order valence-electron chi connectivity index (χ3n) is 5.23. The molecule has 1 aliphatic rings. The van der Waals surface area contributed by atoms with E-state index in [0.29, 0.717) is 5.56 Å². The smallest absolute Gasteiger partial charge is 0.300 e. The number of hydrogen-bond donors (Lipinski definition) is 1. The summed E-state index contributed by atoms with van der Waals surface area (Å²) < 4.78 is 18.8. The third kappa shape index (κ3) is 4.17. The van der Waals surface area contributed by atoms with Gasteiger partial charge in [-0.1, -0.05) is 40.9 Å². The average Bonchev–Trinajstić information content (AvgIpc) is 3.06. The number of benzene rings is 3. The molecule has 168 valence electrons. The van der Waals surface area contributed by atoms with Crippen molar-refractivity contribution in [2.45, 2.75) is 6.04 Å². The highest BCUT2D eigenvalue weighted by Gasteiger charge is 2.47. The van der Waals surface area contributed by atoms with E-state index in [1.54, 1.807) is 12.1 Å². The van der Waals surface area contributed by atoms with Gasteiger partial charge in [0.25, 0.3) is 11.7 Å². The average molecular weight is 507 g/mol. The number of nitrogens with zero attached hydrogens (tertiary/aromatic N) is 1. The maximum absolute atomic E-state index is 13.5. The van der Waals surface area contributed by atoms with Gasteiger partial charge in [0.2, 0.25) is 0 Å². The van der Waals surface area contributed by atoms with Crippen LogP contribution in [0.15, 0.2) is 66.2 Å². The van der Waals surface area contributed by atoms with Crippen molar-refractivity contribution in [3.8, 4) is 5.75 Å². The molecular formula is C24H15Cl3FNO4. The largest absolute Gasteiger partial charge is 0.507 e. The molecule has 1 heterocycles. The number of halogens is 4. The molecule has 0 saturated carbocycles. The van der Waals surface area contributed by atoms with Crippen molar-refractivity contribution in [3.05, 3.63) is 98.2 Å². The summed E-state index contributed by atoms with van der Waals surface area (Å²) in [7, 11) is 1.40. The molecule has 0 radical (unpaired) electrons. The van der Waals surface area contributed by atoms with Gasteiger partial charge in [-0.25, -0.2) is 4.39 Å². The minimum absolute atomic E-state index is 0.132. The van der Waals surface area contributed by atoms with Gasteiger partial charge < -0.3 is 9.84 Å². The fraction of sp³-hybridized carbons (Fsp3) is 0.0833. The SMILES string of the molecule is COc1ccc(Cl)cc1/C(O)=C1\C(=O)C(=O)N(c2ccc(F)cc2)C1c1ccc(Cl)c(Cl)c1. The monoisotopic (exact) mass is 505 g/mol. The van der Waals surface area contributed by atoms with Gasteiger partial charge in [-0.15, -0.1) is 0 Å². The van der Waals surface area contributed by atoms with Gasteiger partial charge in [-0.3, -0.25) is 14.5 Å². The first-order chi connectivity index (χ1) is 15.7. The molecule has 1 unspecified atom stereocenters. The molecule has 1 amide bonds. The van der Waals surface area contributed by atoms with Crippen LogP contribution in [0.3, 0.4) is 0 Å². The molecule has 1 N–H and O–H groups in total. The van der Waals surface area contributed by atoms with Gasteiger partial charge in [0.15, 0.2) is 0 Å². The molecular weight excluding hydrogens is 492 g/mol. The van der Waals surface area contributed by atoms with Crippen molar-refractivity contribution in [2.75, 3.05) is 12.0 Å². The maximum atomic E-state index is 13.5. The molecule has 9 heteroatoms. The van der Waals surface area contributed by atoms with E-state index < -0.39 is 29.3 Å². The zero-order valence-corrected chi connectivity index (χ0v) is 19.2. The van der Waals surface area contributed by atoms with Crippen LogP contribution in [0.2, 0.25) is 15.1 Å². The maximum Gasteiger partial charge on any atom is 0.300 e. The third-order valence-corrected chi connectivity index (χ3v) is 6.20. The molecule has 5 nitrogen and oxygen atoms in total. The standard InChI is InChI=1S/C24H15Cl3FNO4/c1-33-19-9-3-13(25)11-16(19)22(30)20-21(12-2-8-17(26)18(27)10-12)29(24(32)23(20)31)15-6-4-14(28)5-7-15/h2-11,21,30H,1H3/b22-20+. The van der Waals surface area contributed by atoms with Crippen molar-refractivity contribution in [3.63, 3.8) is 0 Å². The van der Waals surface area contributed by atoms with Crippen LogP contribution >= 0.6 is 34.8 Å². The highest BCUT2D eigenvalue weighted by molar-refractivity contribution is 6.52. The number of ether oxygens (including phenoxy) is 1. The summed E-state index contributed by atoms with van der Waals surface area (Å²) in [5.41, 5.74) is 0.595. The van der Waals surface area contributed by atoms with Crippen LogP contribution in [-0.4, -0.2) is 23.9 Å². The molecule has 4 rings (SSSR count). The number of methoxy groups -OCH3 is 1. The Labute approximate surface area is 203 Å². The number of carbonyl (C=O) groups excluding carboxylic acids is 2. The Balaban J connectivity index is 2.00. The zero-order chi connectivity index (χ0) is 23.9. The van der Waals surface area contributed by atoms with Crippen LogP contribution < -0.4 is 9.64 Å². The van der Waals surface area contributed by atoms with E-state index >= 15 is 0 Å². The number of Topliss-reactive ketones (excluding diaryl/α,β-unsaturated/α-hetero) is 1.